The van der Waals surface area contributed by atoms with E-state index in [4.69, 9.17) is 0 Å². The second kappa shape index (κ2) is 7.45. The minimum atomic E-state index is -0.405. The molecule has 21 heavy (non-hydrogen) atoms. The van der Waals surface area contributed by atoms with Crippen molar-refractivity contribution in [1.29, 1.82) is 0 Å². The summed E-state index contributed by atoms with van der Waals surface area (Å²) in [6.45, 7) is 1.98. The zero-order valence-electron chi connectivity index (χ0n) is 11.6. The van der Waals surface area contributed by atoms with Crippen LogP contribution < -0.4 is 5.32 Å². The number of thioether (sulfide) groups is 1. The maximum atomic E-state index is 12.0. The summed E-state index contributed by atoms with van der Waals surface area (Å²) in [4.78, 5) is 23.6. The molecule has 2 rings (SSSR count). The Morgan fingerprint density at radius 3 is 2.33 bits per heavy atom. The number of carbonyl (C=O) groups excluding carboxylic acids is 2. The molecule has 0 heterocycles. The molecule has 2 amide bonds. The Kier molecular flexibility index (Phi) is 5.35. The first-order valence-electron chi connectivity index (χ1n) is 6.44. The number of nitrogens with one attached hydrogen (secondary N) is 1. The molecule has 106 valence electrons. The van der Waals surface area contributed by atoms with Gasteiger partial charge in [-0.15, -0.1) is 0 Å². The number of carbonyl (C=O) groups is 2. The molecule has 0 aliphatic heterocycles. The lowest BCUT2D eigenvalue weighted by Gasteiger charge is -2.06. The summed E-state index contributed by atoms with van der Waals surface area (Å²) in [6, 6.07) is 17.4. The molecule has 0 aliphatic rings. The quantitative estimate of drug-likeness (QED) is 0.522. The van der Waals surface area contributed by atoms with Crippen LogP contribution in [-0.2, 0) is 9.59 Å². The zero-order valence-corrected chi connectivity index (χ0v) is 12.4. The van der Waals surface area contributed by atoms with Crippen LogP contribution in [0.4, 0.5) is 0 Å². The molecule has 0 atom stereocenters. The van der Waals surface area contributed by atoms with Gasteiger partial charge >= 0.3 is 0 Å². The first kappa shape index (κ1) is 15.1. The lowest BCUT2D eigenvalue weighted by molar-refractivity contribution is -0.121. The molecule has 2 aromatic rings. The molecule has 0 spiro atoms. The van der Waals surface area contributed by atoms with Crippen LogP contribution in [0.5, 0.6) is 0 Å². The molecule has 0 saturated heterocycles. The number of amides is 2. The summed E-state index contributed by atoms with van der Waals surface area (Å²) in [5, 5.41) is 3.96. The fourth-order valence-corrected chi connectivity index (χ4v) is 2.55. The van der Waals surface area contributed by atoms with Gasteiger partial charge in [-0.3, -0.25) is 14.9 Å². The first-order valence-corrected chi connectivity index (χ1v) is 7.32. The molecule has 0 aromatic heterocycles. The van der Waals surface area contributed by atoms with E-state index in [9.17, 15) is 9.59 Å². The first-order chi connectivity index (χ1) is 10.2. The van der Waals surface area contributed by atoms with Gasteiger partial charge in [0.05, 0.1) is 5.57 Å². The number of benzene rings is 2. The SMILES string of the molecule is Cc1ccc(/C(=C/Sc2ccccc2)C(=O)NC=O)cc1. The van der Waals surface area contributed by atoms with Crippen LogP contribution in [0.25, 0.3) is 5.57 Å². The molecular formula is C17H15NO2S. The highest BCUT2D eigenvalue weighted by molar-refractivity contribution is 8.02. The summed E-state index contributed by atoms with van der Waals surface area (Å²) in [7, 11) is 0. The predicted molar refractivity (Wildman–Crippen MR) is 85.7 cm³/mol. The smallest absolute Gasteiger partial charge is 0.258 e. The molecule has 1 N–H and O–H groups in total. The second-order valence-corrected chi connectivity index (χ2v) is 5.36. The molecule has 0 saturated carbocycles. The van der Waals surface area contributed by atoms with Crippen molar-refractivity contribution in [3.05, 3.63) is 71.1 Å². The molecular weight excluding hydrogens is 282 g/mol. The fourth-order valence-electron chi connectivity index (χ4n) is 1.74. The Hall–Kier alpha value is -2.33. The molecule has 0 radical (unpaired) electrons. The topological polar surface area (TPSA) is 46.2 Å². The van der Waals surface area contributed by atoms with Gasteiger partial charge in [-0.05, 0) is 30.0 Å². The highest BCUT2D eigenvalue weighted by atomic mass is 32.2. The fraction of sp³-hybridized carbons (Fsp3) is 0.0588. The van der Waals surface area contributed by atoms with E-state index < -0.39 is 5.91 Å². The molecule has 0 fully saturated rings. The lowest BCUT2D eigenvalue weighted by Crippen LogP contribution is -2.22. The molecule has 0 aliphatic carbocycles. The maximum absolute atomic E-state index is 12.0. The number of rotatable bonds is 5. The van der Waals surface area contributed by atoms with Gasteiger partial charge in [0.2, 0.25) is 6.41 Å². The summed E-state index contributed by atoms with van der Waals surface area (Å²) in [5.41, 5.74) is 2.36. The third-order valence-corrected chi connectivity index (χ3v) is 3.75. The number of hydrogen-bond donors (Lipinski definition) is 1. The summed E-state index contributed by atoms with van der Waals surface area (Å²) in [5.74, 6) is -0.405. The number of imide groups is 1. The van der Waals surface area contributed by atoms with Gasteiger partial charge in [-0.25, -0.2) is 0 Å². The van der Waals surface area contributed by atoms with Crippen LogP contribution in [0.2, 0.25) is 0 Å². The summed E-state index contributed by atoms with van der Waals surface area (Å²) in [6.07, 6.45) is 0.400. The minimum absolute atomic E-state index is 0.400. The van der Waals surface area contributed by atoms with Crippen molar-refractivity contribution in [2.45, 2.75) is 11.8 Å². The van der Waals surface area contributed by atoms with Crippen molar-refractivity contribution in [3.63, 3.8) is 0 Å². The second-order valence-electron chi connectivity index (χ2n) is 4.42. The Labute approximate surface area is 128 Å². The average Bonchev–Trinajstić information content (AvgIpc) is 2.50. The van der Waals surface area contributed by atoms with Crippen molar-refractivity contribution < 1.29 is 9.59 Å². The van der Waals surface area contributed by atoms with E-state index in [1.54, 1.807) is 5.41 Å². The Morgan fingerprint density at radius 2 is 1.71 bits per heavy atom. The van der Waals surface area contributed by atoms with Crippen LogP contribution in [0, 0.1) is 6.92 Å². The normalized spacial score (nSPS) is 11.0. The van der Waals surface area contributed by atoms with E-state index in [0.717, 1.165) is 16.0 Å². The molecule has 3 nitrogen and oxygen atoms in total. The van der Waals surface area contributed by atoms with Crippen molar-refractivity contribution >= 4 is 29.7 Å². The molecule has 2 aromatic carbocycles. The van der Waals surface area contributed by atoms with Gasteiger partial charge in [0.25, 0.3) is 5.91 Å². The number of hydrogen-bond acceptors (Lipinski definition) is 3. The van der Waals surface area contributed by atoms with E-state index in [1.165, 1.54) is 11.8 Å². The summed E-state index contributed by atoms with van der Waals surface area (Å²) >= 11 is 1.44. The van der Waals surface area contributed by atoms with Gasteiger partial charge in [-0.2, -0.15) is 0 Å². The van der Waals surface area contributed by atoms with Crippen molar-refractivity contribution in [1.82, 2.24) is 5.32 Å². The summed E-state index contributed by atoms with van der Waals surface area (Å²) < 4.78 is 0. The molecule has 4 heteroatoms. The van der Waals surface area contributed by atoms with Crippen molar-refractivity contribution in [3.8, 4) is 0 Å². The standard InChI is InChI=1S/C17H15NO2S/c1-13-7-9-14(10-8-13)16(17(20)18-12-19)11-21-15-5-3-2-4-6-15/h2-12H,1H3,(H,18,19,20)/b16-11-. The van der Waals surface area contributed by atoms with E-state index in [1.807, 2.05) is 61.5 Å². The van der Waals surface area contributed by atoms with E-state index in [-0.39, 0.29) is 0 Å². The Morgan fingerprint density at radius 1 is 1.05 bits per heavy atom. The van der Waals surface area contributed by atoms with Crippen LogP contribution in [0.3, 0.4) is 0 Å². The number of aryl methyl sites for hydroxylation is 1. The van der Waals surface area contributed by atoms with Crippen molar-refractivity contribution in [2.75, 3.05) is 0 Å². The highest BCUT2D eigenvalue weighted by Crippen LogP contribution is 2.25. The van der Waals surface area contributed by atoms with Crippen LogP contribution in [0.1, 0.15) is 11.1 Å². The van der Waals surface area contributed by atoms with E-state index in [2.05, 4.69) is 5.32 Å². The minimum Gasteiger partial charge on any atom is -0.295 e. The average molecular weight is 297 g/mol. The maximum Gasteiger partial charge on any atom is 0.258 e. The van der Waals surface area contributed by atoms with Crippen LogP contribution >= 0.6 is 11.8 Å². The zero-order chi connectivity index (χ0) is 15.1. The third-order valence-electron chi connectivity index (χ3n) is 2.85. The third kappa shape index (κ3) is 4.33. The van der Waals surface area contributed by atoms with E-state index >= 15 is 0 Å². The van der Waals surface area contributed by atoms with Crippen LogP contribution in [-0.4, -0.2) is 12.3 Å². The molecule has 0 unspecified atom stereocenters. The largest absolute Gasteiger partial charge is 0.295 e. The van der Waals surface area contributed by atoms with E-state index in [0.29, 0.717) is 12.0 Å². The van der Waals surface area contributed by atoms with Gasteiger partial charge < -0.3 is 0 Å². The molecule has 0 bridgehead atoms. The highest BCUT2D eigenvalue weighted by Gasteiger charge is 2.11. The Bertz CT molecular complexity index is 648. The lowest BCUT2D eigenvalue weighted by atomic mass is 10.1. The Balaban J connectivity index is 2.29. The van der Waals surface area contributed by atoms with Gasteiger partial charge in [0.1, 0.15) is 0 Å². The van der Waals surface area contributed by atoms with Gasteiger partial charge in [-0.1, -0.05) is 59.8 Å². The van der Waals surface area contributed by atoms with Gasteiger partial charge in [0.15, 0.2) is 0 Å². The van der Waals surface area contributed by atoms with Crippen molar-refractivity contribution in [2.24, 2.45) is 0 Å². The van der Waals surface area contributed by atoms with Crippen LogP contribution in [0.15, 0.2) is 64.9 Å². The predicted octanol–water partition coefficient (Wildman–Crippen LogP) is 3.40. The van der Waals surface area contributed by atoms with Gasteiger partial charge in [0, 0.05) is 4.90 Å². The monoisotopic (exact) mass is 297 g/mol.